The number of aliphatic hydroxyl groups is 2. The zero-order valence-corrected chi connectivity index (χ0v) is 14.2. The quantitative estimate of drug-likeness (QED) is 0.197. The van der Waals surface area contributed by atoms with Crippen molar-refractivity contribution in [3.05, 3.63) is 0 Å². The van der Waals surface area contributed by atoms with E-state index in [1.165, 1.54) is 0 Å². The number of aliphatic carboxylic acids is 1. The van der Waals surface area contributed by atoms with E-state index in [4.69, 9.17) is 15.9 Å². The van der Waals surface area contributed by atoms with Crippen LogP contribution in [-0.2, 0) is 19.2 Å². The zero-order valence-electron chi connectivity index (χ0n) is 14.2. The van der Waals surface area contributed by atoms with Gasteiger partial charge in [0.15, 0.2) is 0 Å². The smallest absolute Gasteiger partial charge is 0.328 e. The molecule has 11 heteroatoms. The highest BCUT2D eigenvalue weighted by molar-refractivity contribution is 5.93. The van der Waals surface area contributed by atoms with E-state index in [2.05, 4.69) is 10.6 Å². The normalized spacial score (nSPS) is 14.3. The van der Waals surface area contributed by atoms with Gasteiger partial charge >= 0.3 is 5.97 Å². The number of rotatable bonds is 11. The summed E-state index contributed by atoms with van der Waals surface area (Å²) in [4.78, 5) is 46.4. The molecular weight excluding hydrogens is 336 g/mol. The maximum absolute atomic E-state index is 12.3. The summed E-state index contributed by atoms with van der Waals surface area (Å²) in [6.45, 7) is 1.68. The molecule has 0 spiro atoms. The lowest BCUT2D eigenvalue weighted by atomic mass is 10.0. The minimum atomic E-state index is -1.57. The van der Waals surface area contributed by atoms with Crippen LogP contribution in [-0.4, -0.2) is 76.9 Å². The van der Waals surface area contributed by atoms with Crippen LogP contribution < -0.4 is 21.7 Å². The van der Waals surface area contributed by atoms with Gasteiger partial charge in [0.1, 0.15) is 18.1 Å². The third-order valence-electron chi connectivity index (χ3n) is 3.16. The number of carboxylic acids is 1. The topological polar surface area (TPSA) is 191 Å². The van der Waals surface area contributed by atoms with Gasteiger partial charge in [-0.15, -0.1) is 0 Å². The standard InChI is InChI=1S/C14H26N4O7/c1-7(2)3-8(16-11(21)4-15)12(22)17-9(5-19)13(23)18-10(6-20)14(24)25/h7-10,19-20H,3-6,15H2,1-2H3,(H,16,21)(H,17,22)(H,18,23)(H,24,25). The lowest BCUT2D eigenvalue weighted by Gasteiger charge is -2.23. The van der Waals surface area contributed by atoms with E-state index in [0.29, 0.717) is 0 Å². The van der Waals surface area contributed by atoms with Crippen LogP contribution in [0.5, 0.6) is 0 Å². The molecule has 0 saturated heterocycles. The van der Waals surface area contributed by atoms with Crippen molar-refractivity contribution in [3.63, 3.8) is 0 Å². The van der Waals surface area contributed by atoms with Gasteiger partial charge in [-0.2, -0.15) is 0 Å². The molecule has 3 unspecified atom stereocenters. The average Bonchev–Trinajstić information content (AvgIpc) is 2.55. The summed E-state index contributed by atoms with van der Waals surface area (Å²) in [5, 5.41) is 33.6. The maximum Gasteiger partial charge on any atom is 0.328 e. The Hall–Kier alpha value is -2.24. The Bertz CT molecular complexity index is 484. The minimum absolute atomic E-state index is 0.0426. The van der Waals surface area contributed by atoms with Crippen molar-refractivity contribution in [1.29, 1.82) is 0 Å². The highest BCUT2D eigenvalue weighted by atomic mass is 16.4. The monoisotopic (exact) mass is 362 g/mol. The van der Waals surface area contributed by atoms with Gasteiger partial charge in [-0.25, -0.2) is 4.79 Å². The van der Waals surface area contributed by atoms with Crippen LogP contribution in [0.3, 0.4) is 0 Å². The van der Waals surface area contributed by atoms with E-state index in [9.17, 15) is 24.3 Å². The molecule has 0 aliphatic carbocycles. The first-order valence-corrected chi connectivity index (χ1v) is 7.70. The number of amides is 3. The van der Waals surface area contributed by atoms with Crippen LogP contribution in [0.4, 0.5) is 0 Å². The Morgan fingerprint density at radius 1 is 0.880 bits per heavy atom. The molecular formula is C14H26N4O7. The molecule has 3 atom stereocenters. The van der Waals surface area contributed by atoms with Gasteiger partial charge in [-0.3, -0.25) is 14.4 Å². The van der Waals surface area contributed by atoms with Crippen LogP contribution in [0, 0.1) is 5.92 Å². The number of hydrogen-bond acceptors (Lipinski definition) is 7. The Kier molecular flexibility index (Phi) is 10.3. The molecule has 0 rings (SSSR count). The van der Waals surface area contributed by atoms with Crippen molar-refractivity contribution in [2.24, 2.45) is 11.7 Å². The summed E-state index contributed by atoms with van der Waals surface area (Å²) in [6, 6.07) is -3.97. The van der Waals surface area contributed by atoms with E-state index in [0.717, 1.165) is 0 Å². The zero-order chi connectivity index (χ0) is 19.6. The third-order valence-corrected chi connectivity index (χ3v) is 3.16. The predicted molar refractivity (Wildman–Crippen MR) is 86.1 cm³/mol. The number of carbonyl (C=O) groups excluding carboxylic acids is 3. The number of carbonyl (C=O) groups is 4. The molecule has 0 saturated carbocycles. The second kappa shape index (κ2) is 11.3. The van der Waals surface area contributed by atoms with Gasteiger partial charge in [-0.1, -0.05) is 13.8 Å². The van der Waals surface area contributed by atoms with E-state index in [-0.39, 0.29) is 18.9 Å². The lowest BCUT2D eigenvalue weighted by Crippen LogP contribution is -2.58. The fourth-order valence-corrected chi connectivity index (χ4v) is 1.88. The van der Waals surface area contributed by atoms with E-state index in [1.807, 2.05) is 19.2 Å². The first kappa shape index (κ1) is 22.8. The summed E-state index contributed by atoms with van der Waals surface area (Å²) >= 11 is 0. The minimum Gasteiger partial charge on any atom is -0.480 e. The maximum atomic E-state index is 12.3. The van der Waals surface area contributed by atoms with Crippen molar-refractivity contribution in [1.82, 2.24) is 16.0 Å². The van der Waals surface area contributed by atoms with Crippen molar-refractivity contribution < 1.29 is 34.5 Å². The molecule has 0 radical (unpaired) electrons. The number of hydrogen-bond donors (Lipinski definition) is 7. The van der Waals surface area contributed by atoms with Crippen molar-refractivity contribution >= 4 is 23.7 Å². The van der Waals surface area contributed by atoms with Gasteiger partial charge in [0.2, 0.25) is 17.7 Å². The van der Waals surface area contributed by atoms with Crippen LogP contribution in [0.1, 0.15) is 20.3 Å². The van der Waals surface area contributed by atoms with Gasteiger partial charge in [0, 0.05) is 0 Å². The van der Waals surface area contributed by atoms with Gasteiger partial charge in [0.05, 0.1) is 19.8 Å². The van der Waals surface area contributed by atoms with Gasteiger partial charge < -0.3 is 37.0 Å². The van der Waals surface area contributed by atoms with Crippen LogP contribution in [0.15, 0.2) is 0 Å². The molecule has 11 nitrogen and oxygen atoms in total. The van der Waals surface area contributed by atoms with E-state index >= 15 is 0 Å². The molecule has 0 aliphatic rings. The molecule has 0 heterocycles. The second-order valence-corrected chi connectivity index (χ2v) is 5.78. The molecule has 3 amide bonds. The molecule has 0 bridgehead atoms. The van der Waals surface area contributed by atoms with Crippen molar-refractivity contribution in [2.75, 3.05) is 19.8 Å². The second-order valence-electron chi connectivity index (χ2n) is 5.78. The Labute approximate surface area is 145 Å². The molecule has 0 fully saturated rings. The van der Waals surface area contributed by atoms with Crippen LogP contribution >= 0.6 is 0 Å². The number of aliphatic hydroxyl groups excluding tert-OH is 2. The fraction of sp³-hybridized carbons (Fsp3) is 0.714. The third kappa shape index (κ3) is 8.42. The first-order valence-electron chi connectivity index (χ1n) is 7.70. The van der Waals surface area contributed by atoms with Gasteiger partial charge in [0.25, 0.3) is 0 Å². The molecule has 0 aromatic heterocycles. The highest BCUT2D eigenvalue weighted by Gasteiger charge is 2.29. The van der Waals surface area contributed by atoms with Crippen LogP contribution in [0.2, 0.25) is 0 Å². The Morgan fingerprint density at radius 2 is 1.36 bits per heavy atom. The first-order chi connectivity index (χ1) is 11.7. The predicted octanol–water partition coefficient (Wildman–Crippen LogP) is -3.49. The SMILES string of the molecule is CC(C)CC(NC(=O)CN)C(=O)NC(CO)C(=O)NC(CO)C(=O)O. The molecule has 144 valence electrons. The molecule has 8 N–H and O–H groups in total. The van der Waals surface area contributed by atoms with E-state index < -0.39 is 55.0 Å². The van der Waals surface area contributed by atoms with Gasteiger partial charge in [-0.05, 0) is 12.3 Å². The molecule has 25 heavy (non-hydrogen) atoms. The summed E-state index contributed by atoms with van der Waals surface area (Å²) < 4.78 is 0. The Morgan fingerprint density at radius 3 is 1.76 bits per heavy atom. The average molecular weight is 362 g/mol. The summed E-state index contributed by atoms with van der Waals surface area (Å²) in [5.41, 5.74) is 5.20. The molecule has 0 aliphatic heterocycles. The highest BCUT2D eigenvalue weighted by Crippen LogP contribution is 2.05. The van der Waals surface area contributed by atoms with Crippen molar-refractivity contribution in [2.45, 2.75) is 38.4 Å². The molecule has 0 aromatic rings. The lowest BCUT2D eigenvalue weighted by molar-refractivity contribution is -0.143. The number of nitrogens with two attached hydrogens (primary N) is 1. The number of carboxylic acid groups (broad SMARTS) is 1. The Balaban J connectivity index is 4.98. The molecule has 0 aromatic carbocycles. The van der Waals surface area contributed by atoms with Crippen LogP contribution in [0.25, 0.3) is 0 Å². The van der Waals surface area contributed by atoms with E-state index in [1.54, 1.807) is 0 Å². The summed E-state index contributed by atoms with van der Waals surface area (Å²) in [6.07, 6.45) is 0.270. The summed E-state index contributed by atoms with van der Waals surface area (Å²) in [5.74, 6) is -3.68. The summed E-state index contributed by atoms with van der Waals surface area (Å²) in [7, 11) is 0. The van der Waals surface area contributed by atoms with Crippen molar-refractivity contribution in [3.8, 4) is 0 Å². The fourth-order valence-electron chi connectivity index (χ4n) is 1.88. The largest absolute Gasteiger partial charge is 0.480 e. The number of nitrogens with one attached hydrogen (secondary N) is 3.